The van der Waals surface area contributed by atoms with Crippen molar-refractivity contribution >= 4 is 17.8 Å². The zero-order chi connectivity index (χ0) is 17.4. The molecule has 23 heavy (non-hydrogen) atoms. The summed E-state index contributed by atoms with van der Waals surface area (Å²) in [4.78, 5) is 35.2. The van der Waals surface area contributed by atoms with Gasteiger partial charge >= 0.3 is 11.9 Å². The minimum atomic E-state index is -0.821. The topological polar surface area (TPSA) is 81.7 Å². The van der Waals surface area contributed by atoms with Crippen LogP contribution in [0.15, 0.2) is 24.3 Å². The number of benzene rings is 1. The van der Waals surface area contributed by atoms with Gasteiger partial charge in [0.1, 0.15) is 11.9 Å². The number of nitrogens with one attached hydrogen (secondary N) is 1. The van der Waals surface area contributed by atoms with E-state index in [1.165, 1.54) is 25.3 Å². The van der Waals surface area contributed by atoms with Crippen molar-refractivity contribution in [2.24, 2.45) is 5.92 Å². The quantitative estimate of drug-likeness (QED) is 0.772. The average Bonchev–Trinajstić information content (AvgIpc) is 2.56. The Balaban J connectivity index is 2.58. The SMILES string of the molecule is CCC(C)C(NC(=O)COC(=O)c1cccc(F)c1)C(=O)OC. The van der Waals surface area contributed by atoms with Crippen molar-refractivity contribution < 1.29 is 28.2 Å². The molecule has 0 bridgehead atoms. The maximum absolute atomic E-state index is 13.0. The lowest BCUT2D eigenvalue weighted by atomic mass is 9.99. The number of ether oxygens (including phenoxy) is 2. The van der Waals surface area contributed by atoms with Crippen molar-refractivity contribution in [3.8, 4) is 0 Å². The summed E-state index contributed by atoms with van der Waals surface area (Å²) in [6, 6.07) is 4.13. The minimum absolute atomic E-state index is 0.00393. The third kappa shape index (κ3) is 5.69. The largest absolute Gasteiger partial charge is 0.467 e. The maximum Gasteiger partial charge on any atom is 0.338 e. The van der Waals surface area contributed by atoms with Crippen molar-refractivity contribution in [2.45, 2.75) is 26.3 Å². The summed E-state index contributed by atoms with van der Waals surface area (Å²) >= 11 is 0. The summed E-state index contributed by atoms with van der Waals surface area (Å²) in [5.74, 6) is -2.73. The summed E-state index contributed by atoms with van der Waals surface area (Å²) in [7, 11) is 1.23. The molecular weight excluding hydrogens is 305 g/mol. The van der Waals surface area contributed by atoms with Gasteiger partial charge in [-0.15, -0.1) is 0 Å². The van der Waals surface area contributed by atoms with Crippen LogP contribution < -0.4 is 5.32 Å². The summed E-state index contributed by atoms with van der Waals surface area (Å²) in [6.07, 6.45) is 0.656. The van der Waals surface area contributed by atoms with Gasteiger partial charge in [-0.1, -0.05) is 26.3 Å². The highest BCUT2D eigenvalue weighted by molar-refractivity contribution is 5.92. The number of rotatable bonds is 7. The molecule has 1 aromatic rings. The summed E-state index contributed by atoms with van der Waals surface area (Å²) in [5, 5.41) is 2.47. The van der Waals surface area contributed by atoms with E-state index in [4.69, 9.17) is 4.74 Å². The van der Waals surface area contributed by atoms with Gasteiger partial charge in [-0.05, 0) is 24.1 Å². The Morgan fingerprint density at radius 2 is 2.00 bits per heavy atom. The van der Waals surface area contributed by atoms with Gasteiger partial charge in [-0.2, -0.15) is 0 Å². The first-order chi connectivity index (χ1) is 10.9. The fraction of sp³-hybridized carbons (Fsp3) is 0.438. The number of carbonyl (C=O) groups excluding carboxylic acids is 3. The molecule has 0 spiro atoms. The third-order valence-corrected chi connectivity index (χ3v) is 3.38. The second kappa shape index (κ2) is 8.87. The molecule has 6 nitrogen and oxygen atoms in total. The molecule has 0 saturated carbocycles. The molecule has 0 fully saturated rings. The summed E-state index contributed by atoms with van der Waals surface area (Å²) in [5.41, 5.74) is 0.00393. The van der Waals surface area contributed by atoms with Crippen LogP contribution >= 0.6 is 0 Å². The van der Waals surface area contributed by atoms with Crippen LogP contribution in [0.1, 0.15) is 30.6 Å². The van der Waals surface area contributed by atoms with Crippen LogP contribution in [0.2, 0.25) is 0 Å². The lowest BCUT2D eigenvalue weighted by Crippen LogP contribution is -2.47. The van der Waals surface area contributed by atoms with Crippen LogP contribution in [0.25, 0.3) is 0 Å². The van der Waals surface area contributed by atoms with Gasteiger partial charge in [-0.3, -0.25) is 4.79 Å². The molecule has 0 saturated heterocycles. The van der Waals surface area contributed by atoms with Gasteiger partial charge in [0.25, 0.3) is 5.91 Å². The molecular formula is C16H20FNO5. The average molecular weight is 325 g/mol. The number of esters is 2. The maximum atomic E-state index is 13.0. The standard InChI is InChI=1S/C16H20FNO5/c1-4-10(2)14(16(21)22-3)18-13(19)9-23-15(20)11-6-5-7-12(17)8-11/h5-8,10,14H,4,9H2,1-3H3,(H,18,19). The molecule has 0 aliphatic heterocycles. The van der Waals surface area contributed by atoms with Crippen molar-refractivity contribution in [1.82, 2.24) is 5.32 Å². The monoisotopic (exact) mass is 325 g/mol. The fourth-order valence-electron chi connectivity index (χ4n) is 1.84. The Labute approximate surface area is 134 Å². The van der Waals surface area contributed by atoms with E-state index in [9.17, 15) is 18.8 Å². The first kappa shape index (κ1) is 18.6. The van der Waals surface area contributed by atoms with Crippen LogP contribution in [0.5, 0.6) is 0 Å². The van der Waals surface area contributed by atoms with Gasteiger partial charge in [-0.25, -0.2) is 14.0 Å². The van der Waals surface area contributed by atoms with Gasteiger partial charge in [0.2, 0.25) is 0 Å². The Kier molecular flexibility index (Phi) is 7.18. The molecule has 0 aromatic heterocycles. The molecule has 1 rings (SSSR count). The van der Waals surface area contributed by atoms with Crippen LogP contribution in [0.4, 0.5) is 4.39 Å². The first-order valence-corrected chi connectivity index (χ1v) is 7.18. The van der Waals surface area contributed by atoms with E-state index >= 15 is 0 Å². The Bertz CT molecular complexity index is 575. The van der Waals surface area contributed by atoms with Crippen LogP contribution in [-0.2, 0) is 19.1 Å². The minimum Gasteiger partial charge on any atom is -0.467 e. The Morgan fingerprint density at radius 1 is 1.30 bits per heavy atom. The number of amides is 1. The summed E-state index contributed by atoms with van der Waals surface area (Å²) < 4.78 is 22.5. The van der Waals surface area contributed by atoms with E-state index in [-0.39, 0.29) is 11.5 Å². The lowest BCUT2D eigenvalue weighted by Gasteiger charge is -2.21. The zero-order valence-corrected chi connectivity index (χ0v) is 13.3. The van der Waals surface area contributed by atoms with Gasteiger partial charge in [0.05, 0.1) is 12.7 Å². The van der Waals surface area contributed by atoms with Gasteiger partial charge < -0.3 is 14.8 Å². The zero-order valence-electron chi connectivity index (χ0n) is 13.3. The third-order valence-electron chi connectivity index (χ3n) is 3.38. The molecule has 0 heterocycles. The molecule has 1 amide bonds. The second-order valence-electron chi connectivity index (χ2n) is 5.04. The first-order valence-electron chi connectivity index (χ1n) is 7.18. The van der Waals surface area contributed by atoms with Crippen LogP contribution in [0, 0.1) is 11.7 Å². The van der Waals surface area contributed by atoms with Crippen molar-refractivity contribution in [2.75, 3.05) is 13.7 Å². The molecule has 1 N–H and O–H groups in total. The number of carbonyl (C=O) groups is 3. The van der Waals surface area contributed by atoms with Crippen molar-refractivity contribution in [1.29, 1.82) is 0 Å². The molecule has 0 aliphatic rings. The highest BCUT2D eigenvalue weighted by Gasteiger charge is 2.27. The smallest absolute Gasteiger partial charge is 0.338 e. The highest BCUT2D eigenvalue weighted by atomic mass is 19.1. The van der Waals surface area contributed by atoms with Crippen molar-refractivity contribution in [3.05, 3.63) is 35.6 Å². The van der Waals surface area contributed by atoms with E-state index in [0.717, 1.165) is 6.07 Å². The van der Waals surface area contributed by atoms with Crippen molar-refractivity contribution in [3.63, 3.8) is 0 Å². The number of hydrogen-bond donors (Lipinski definition) is 1. The Hall–Kier alpha value is -2.44. The number of hydrogen-bond acceptors (Lipinski definition) is 5. The molecule has 2 atom stereocenters. The van der Waals surface area contributed by atoms with Gasteiger partial charge in [0.15, 0.2) is 6.61 Å². The molecule has 2 unspecified atom stereocenters. The van der Waals surface area contributed by atoms with E-state index < -0.39 is 36.3 Å². The van der Waals surface area contributed by atoms with E-state index in [1.54, 1.807) is 6.92 Å². The van der Waals surface area contributed by atoms with E-state index in [1.807, 2.05) is 6.92 Å². The molecule has 1 aromatic carbocycles. The van der Waals surface area contributed by atoms with Gasteiger partial charge in [0, 0.05) is 0 Å². The number of methoxy groups -OCH3 is 1. The van der Waals surface area contributed by atoms with Crippen LogP contribution in [-0.4, -0.2) is 37.6 Å². The number of halogens is 1. The fourth-order valence-corrected chi connectivity index (χ4v) is 1.84. The molecule has 126 valence electrons. The predicted molar refractivity (Wildman–Crippen MR) is 80.1 cm³/mol. The molecule has 7 heteroatoms. The predicted octanol–water partition coefficient (Wildman–Crippen LogP) is 1.69. The van der Waals surface area contributed by atoms with E-state index in [2.05, 4.69) is 10.1 Å². The normalized spacial score (nSPS) is 12.9. The molecule has 0 aliphatic carbocycles. The van der Waals surface area contributed by atoms with Crippen LogP contribution in [0.3, 0.4) is 0 Å². The molecule has 0 radical (unpaired) electrons. The lowest BCUT2D eigenvalue weighted by molar-refractivity contribution is -0.147. The summed E-state index contributed by atoms with van der Waals surface area (Å²) in [6.45, 7) is 3.09. The highest BCUT2D eigenvalue weighted by Crippen LogP contribution is 2.09. The second-order valence-corrected chi connectivity index (χ2v) is 5.04. The van der Waals surface area contributed by atoms with E-state index in [0.29, 0.717) is 6.42 Å². The Morgan fingerprint density at radius 3 is 2.57 bits per heavy atom.